The Hall–Kier alpha value is -0.840. The first-order chi connectivity index (χ1) is 9.24. The van der Waals surface area contributed by atoms with Crippen LogP contribution in [0.15, 0.2) is 24.5 Å². The van der Waals surface area contributed by atoms with Crippen LogP contribution in [-0.2, 0) is 4.79 Å². The van der Waals surface area contributed by atoms with Crippen LogP contribution in [0.4, 0.5) is 0 Å². The van der Waals surface area contributed by atoms with Gasteiger partial charge in [0.2, 0.25) is 5.91 Å². The maximum Gasteiger partial charge on any atom is 0.230 e. The average Bonchev–Trinajstić information content (AvgIpc) is 2.98. The lowest BCUT2D eigenvalue weighted by molar-refractivity contribution is -0.134. The molecule has 1 amide bonds. The molecule has 2 unspecified atom stereocenters. The minimum absolute atomic E-state index is 0. The van der Waals surface area contributed by atoms with Crippen molar-refractivity contribution in [3.63, 3.8) is 0 Å². The lowest BCUT2D eigenvalue weighted by Crippen LogP contribution is -2.44. The normalized spacial score (nSPS) is 18.3. The zero-order chi connectivity index (χ0) is 13.7. The molecule has 0 aliphatic carbocycles. The highest BCUT2D eigenvalue weighted by Gasteiger charge is 2.29. The molecule has 1 aromatic heterocycles. The van der Waals surface area contributed by atoms with Gasteiger partial charge in [-0.05, 0) is 37.9 Å². The van der Waals surface area contributed by atoms with Gasteiger partial charge in [-0.15, -0.1) is 24.8 Å². The summed E-state index contributed by atoms with van der Waals surface area (Å²) < 4.78 is 0. The van der Waals surface area contributed by atoms with Crippen molar-refractivity contribution in [2.75, 3.05) is 19.6 Å². The van der Waals surface area contributed by atoms with Gasteiger partial charge < -0.3 is 10.2 Å². The molecule has 1 saturated heterocycles. The van der Waals surface area contributed by atoms with Crippen LogP contribution >= 0.6 is 24.8 Å². The number of nitrogens with one attached hydrogen (secondary N) is 1. The number of aromatic nitrogens is 1. The third-order valence-electron chi connectivity index (χ3n) is 3.78. The third kappa shape index (κ3) is 5.13. The van der Waals surface area contributed by atoms with E-state index in [0.29, 0.717) is 6.04 Å². The van der Waals surface area contributed by atoms with Gasteiger partial charge in [-0.2, -0.15) is 0 Å². The molecular formula is C15H25Cl2N3O. The number of pyridine rings is 1. The summed E-state index contributed by atoms with van der Waals surface area (Å²) in [5.41, 5.74) is 1.000. The Kier molecular flexibility index (Phi) is 9.58. The fourth-order valence-corrected chi connectivity index (χ4v) is 2.64. The first-order valence-corrected chi connectivity index (χ1v) is 7.15. The molecule has 1 aliphatic rings. The molecule has 0 spiro atoms. The van der Waals surface area contributed by atoms with E-state index >= 15 is 0 Å². The van der Waals surface area contributed by atoms with Crippen molar-refractivity contribution in [2.24, 2.45) is 0 Å². The fourth-order valence-electron chi connectivity index (χ4n) is 2.64. The molecular weight excluding hydrogens is 309 g/mol. The van der Waals surface area contributed by atoms with Gasteiger partial charge in [0.15, 0.2) is 0 Å². The molecule has 1 N–H and O–H groups in total. The molecule has 6 heteroatoms. The van der Waals surface area contributed by atoms with E-state index in [1.165, 1.54) is 0 Å². The highest BCUT2D eigenvalue weighted by Crippen LogP contribution is 2.20. The second-order valence-electron chi connectivity index (χ2n) is 5.19. The quantitative estimate of drug-likeness (QED) is 0.900. The van der Waals surface area contributed by atoms with Crippen molar-refractivity contribution in [3.05, 3.63) is 30.1 Å². The number of hydrogen-bond donors (Lipinski definition) is 1. The van der Waals surface area contributed by atoms with Gasteiger partial charge in [-0.25, -0.2) is 0 Å². The largest absolute Gasteiger partial charge is 0.338 e. The Morgan fingerprint density at radius 2 is 2.29 bits per heavy atom. The summed E-state index contributed by atoms with van der Waals surface area (Å²) in [6.07, 6.45) is 5.60. The van der Waals surface area contributed by atoms with Gasteiger partial charge in [-0.3, -0.25) is 9.78 Å². The lowest BCUT2D eigenvalue weighted by Gasteiger charge is -2.30. The molecule has 120 valence electrons. The Morgan fingerprint density at radius 3 is 2.81 bits per heavy atom. The van der Waals surface area contributed by atoms with Crippen molar-refractivity contribution < 1.29 is 4.79 Å². The van der Waals surface area contributed by atoms with E-state index in [9.17, 15) is 4.79 Å². The van der Waals surface area contributed by atoms with Gasteiger partial charge in [-0.1, -0.05) is 13.0 Å². The van der Waals surface area contributed by atoms with Gasteiger partial charge in [0, 0.05) is 31.5 Å². The number of carbonyl (C=O) groups is 1. The summed E-state index contributed by atoms with van der Waals surface area (Å²) in [4.78, 5) is 18.9. The zero-order valence-corrected chi connectivity index (χ0v) is 14.3. The topological polar surface area (TPSA) is 45.2 Å². The molecule has 2 heterocycles. The molecule has 1 aromatic rings. The molecule has 1 aliphatic heterocycles. The number of rotatable bonds is 5. The average molecular weight is 334 g/mol. The minimum atomic E-state index is -0.110. The SMILES string of the molecule is CCCN(C(=O)C(C)c1cccnc1)C1CCNC1.Cl.Cl. The van der Waals surface area contributed by atoms with E-state index in [-0.39, 0.29) is 36.6 Å². The summed E-state index contributed by atoms with van der Waals surface area (Å²) in [6, 6.07) is 4.22. The van der Waals surface area contributed by atoms with Crippen molar-refractivity contribution >= 4 is 30.7 Å². The van der Waals surface area contributed by atoms with Crippen LogP contribution in [0.1, 0.15) is 38.2 Å². The van der Waals surface area contributed by atoms with E-state index in [1.54, 1.807) is 12.4 Å². The van der Waals surface area contributed by atoms with Crippen LogP contribution in [-0.4, -0.2) is 41.5 Å². The number of halogens is 2. The maximum atomic E-state index is 12.7. The molecule has 1 fully saturated rings. The number of nitrogens with zero attached hydrogens (tertiary/aromatic N) is 2. The summed E-state index contributed by atoms with van der Waals surface area (Å²) in [5.74, 6) is 0.115. The van der Waals surface area contributed by atoms with E-state index in [1.807, 2.05) is 19.1 Å². The van der Waals surface area contributed by atoms with Gasteiger partial charge >= 0.3 is 0 Å². The summed E-state index contributed by atoms with van der Waals surface area (Å²) in [7, 11) is 0. The van der Waals surface area contributed by atoms with Crippen LogP contribution in [0.3, 0.4) is 0 Å². The molecule has 0 aromatic carbocycles. The Balaban J connectivity index is 0.00000200. The third-order valence-corrected chi connectivity index (χ3v) is 3.78. The fraction of sp³-hybridized carbons (Fsp3) is 0.600. The maximum absolute atomic E-state index is 12.7. The molecule has 21 heavy (non-hydrogen) atoms. The van der Waals surface area contributed by atoms with Crippen LogP contribution in [0.25, 0.3) is 0 Å². The predicted molar refractivity (Wildman–Crippen MR) is 90.4 cm³/mol. The highest BCUT2D eigenvalue weighted by atomic mass is 35.5. The van der Waals surface area contributed by atoms with Crippen LogP contribution in [0.5, 0.6) is 0 Å². The van der Waals surface area contributed by atoms with Crippen molar-refractivity contribution in [1.29, 1.82) is 0 Å². The van der Waals surface area contributed by atoms with Crippen molar-refractivity contribution in [3.8, 4) is 0 Å². The Morgan fingerprint density at radius 1 is 1.52 bits per heavy atom. The molecule has 0 bridgehead atoms. The van der Waals surface area contributed by atoms with E-state index in [0.717, 1.165) is 38.0 Å². The molecule has 2 atom stereocenters. The number of hydrogen-bond acceptors (Lipinski definition) is 3. The van der Waals surface area contributed by atoms with Gasteiger partial charge in [0.1, 0.15) is 0 Å². The van der Waals surface area contributed by atoms with E-state index in [2.05, 4.69) is 22.1 Å². The standard InChI is InChI=1S/C15H23N3O.2ClH/c1-3-9-18(14-6-8-17-11-14)15(19)12(2)13-5-4-7-16-10-13;;/h4-5,7,10,12,14,17H,3,6,8-9,11H2,1-2H3;2*1H. The predicted octanol–water partition coefficient (Wildman–Crippen LogP) is 2.63. The summed E-state index contributed by atoms with van der Waals surface area (Å²) >= 11 is 0. The second-order valence-corrected chi connectivity index (χ2v) is 5.19. The molecule has 2 rings (SSSR count). The Labute approximate surface area is 139 Å². The minimum Gasteiger partial charge on any atom is -0.338 e. The van der Waals surface area contributed by atoms with Crippen LogP contribution in [0, 0.1) is 0 Å². The van der Waals surface area contributed by atoms with E-state index < -0.39 is 0 Å². The first-order valence-electron chi connectivity index (χ1n) is 7.15. The summed E-state index contributed by atoms with van der Waals surface area (Å²) in [5, 5.41) is 3.34. The smallest absolute Gasteiger partial charge is 0.230 e. The number of amides is 1. The van der Waals surface area contributed by atoms with Crippen LogP contribution in [0.2, 0.25) is 0 Å². The second kappa shape index (κ2) is 9.98. The monoisotopic (exact) mass is 333 g/mol. The van der Waals surface area contributed by atoms with E-state index in [4.69, 9.17) is 0 Å². The highest BCUT2D eigenvalue weighted by molar-refractivity contribution is 5.85. The van der Waals surface area contributed by atoms with Crippen LogP contribution < -0.4 is 5.32 Å². The van der Waals surface area contributed by atoms with Gasteiger partial charge in [0.05, 0.1) is 5.92 Å². The van der Waals surface area contributed by atoms with Gasteiger partial charge in [0.25, 0.3) is 0 Å². The van der Waals surface area contributed by atoms with Crippen molar-refractivity contribution in [2.45, 2.75) is 38.6 Å². The zero-order valence-electron chi connectivity index (χ0n) is 12.6. The molecule has 0 saturated carbocycles. The number of carbonyl (C=O) groups excluding carboxylic acids is 1. The molecule has 0 radical (unpaired) electrons. The first kappa shape index (κ1) is 20.2. The lowest BCUT2D eigenvalue weighted by atomic mass is 10.0. The Bertz CT molecular complexity index is 411. The summed E-state index contributed by atoms with van der Waals surface area (Å²) in [6.45, 7) is 6.88. The molecule has 4 nitrogen and oxygen atoms in total. The van der Waals surface area contributed by atoms with Crippen molar-refractivity contribution in [1.82, 2.24) is 15.2 Å².